The average molecular weight is 536 g/mol. The van der Waals surface area contributed by atoms with E-state index in [1.807, 2.05) is 12.1 Å². The van der Waals surface area contributed by atoms with Gasteiger partial charge in [-0.15, -0.1) is 0 Å². The second kappa shape index (κ2) is 10.2. The van der Waals surface area contributed by atoms with Gasteiger partial charge in [-0.3, -0.25) is 14.5 Å². The van der Waals surface area contributed by atoms with Gasteiger partial charge in [0.15, 0.2) is 0 Å². The summed E-state index contributed by atoms with van der Waals surface area (Å²) in [4.78, 5) is 31.5. The number of halogens is 1. The minimum Gasteiger partial charge on any atom is -0.337 e. The summed E-state index contributed by atoms with van der Waals surface area (Å²) >= 11 is 6.38. The van der Waals surface area contributed by atoms with Crippen LogP contribution in [0.1, 0.15) is 65.7 Å². The first-order valence-corrected chi connectivity index (χ1v) is 14.1. The van der Waals surface area contributed by atoms with Crippen molar-refractivity contribution in [3.63, 3.8) is 0 Å². The van der Waals surface area contributed by atoms with Crippen LogP contribution in [-0.2, 0) is 6.54 Å². The largest absolute Gasteiger partial charge is 0.439 e. The van der Waals surface area contributed by atoms with Gasteiger partial charge in [0.2, 0.25) is 11.8 Å². The Balaban J connectivity index is 1.59. The van der Waals surface area contributed by atoms with Crippen molar-refractivity contribution < 1.29 is 4.52 Å². The van der Waals surface area contributed by atoms with Gasteiger partial charge in [-0.1, -0.05) is 36.5 Å². The summed E-state index contributed by atoms with van der Waals surface area (Å²) in [7, 11) is 0. The molecule has 4 aromatic heterocycles. The fourth-order valence-electron chi connectivity index (χ4n) is 6.30. The van der Waals surface area contributed by atoms with Gasteiger partial charge in [0, 0.05) is 36.6 Å². The maximum Gasteiger partial charge on any atom is 0.439 e. The molecule has 1 aliphatic carbocycles. The number of hydrogen-bond acceptors (Lipinski definition) is 7. The van der Waals surface area contributed by atoms with Crippen LogP contribution in [0.2, 0.25) is 5.02 Å². The summed E-state index contributed by atoms with van der Waals surface area (Å²) in [5.74, 6) is 2.00. The number of pyridine rings is 2. The van der Waals surface area contributed by atoms with Gasteiger partial charge < -0.3 is 9.47 Å². The first-order chi connectivity index (χ1) is 18.4. The smallest absolute Gasteiger partial charge is 0.337 e. The van der Waals surface area contributed by atoms with Crippen LogP contribution in [0.5, 0.6) is 0 Å². The molecule has 1 saturated carbocycles. The molecule has 1 saturated heterocycles. The molecule has 5 heterocycles. The predicted molar refractivity (Wildman–Crippen MR) is 148 cm³/mol. The molecule has 0 radical (unpaired) electrons. The molecule has 9 nitrogen and oxygen atoms in total. The van der Waals surface area contributed by atoms with Crippen molar-refractivity contribution in [1.29, 1.82) is 0 Å². The SMILES string of the molecule is CC1CCC(Cn2c(N3[C@H](C)CCC[C@H]3C)nc3cc(-c4noc(=O)[nH]4)nc(-c4cncc(Cl)c4)c32)CC1. The fourth-order valence-corrected chi connectivity index (χ4v) is 6.48. The lowest BCUT2D eigenvalue weighted by molar-refractivity contribution is 0.265. The van der Waals surface area contributed by atoms with E-state index in [0.717, 1.165) is 53.5 Å². The summed E-state index contributed by atoms with van der Waals surface area (Å²) in [6.07, 6.45) is 11.8. The van der Waals surface area contributed by atoms with Crippen molar-refractivity contribution in [2.24, 2.45) is 11.8 Å². The summed E-state index contributed by atoms with van der Waals surface area (Å²) in [5, 5.41) is 4.43. The van der Waals surface area contributed by atoms with Crippen LogP contribution in [0.15, 0.2) is 33.8 Å². The third kappa shape index (κ3) is 4.72. The zero-order valence-electron chi connectivity index (χ0n) is 22.2. The Hall–Kier alpha value is -3.20. The summed E-state index contributed by atoms with van der Waals surface area (Å²) in [5.41, 5.74) is 3.76. The highest BCUT2D eigenvalue weighted by molar-refractivity contribution is 6.30. The van der Waals surface area contributed by atoms with Crippen molar-refractivity contribution in [2.45, 2.75) is 84.3 Å². The lowest BCUT2D eigenvalue weighted by atomic mass is 9.83. The molecule has 0 aromatic carbocycles. The van der Waals surface area contributed by atoms with E-state index in [0.29, 0.717) is 28.7 Å². The number of imidazole rings is 1. The van der Waals surface area contributed by atoms with Crippen LogP contribution >= 0.6 is 11.6 Å². The van der Waals surface area contributed by atoms with E-state index in [4.69, 9.17) is 26.1 Å². The highest BCUT2D eigenvalue weighted by Crippen LogP contribution is 2.39. The van der Waals surface area contributed by atoms with E-state index in [1.54, 1.807) is 12.4 Å². The number of H-pyrrole nitrogens is 1. The normalized spacial score (nSPS) is 24.3. The van der Waals surface area contributed by atoms with Gasteiger partial charge in [0.25, 0.3) is 0 Å². The quantitative estimate of drug-likeness (QED) is 0.330. The maximum atomic E-state index is 11.7. The van der Waals surface area contributed by atoms with Crippen molar-refractivity contribution in [3.8, 4) is 22.8 Å². The first-order valence-electron chi connectivity index (χ1n) is 13.7. The Morgan fingerprint density at radius 3 is 2.47 bits per heavy atom. The molecule has 200 valence electrons. The molecule has 10 heteroatoms. The first kappa shape index (κ1) is 25.1. The second-order valence-electron chi connectivity index (χ2n) is 11.2. The van der Waals surface area contributed by atoms with Gasteiger partial charge in [0.1, 0.15) is 5.69 Å². The third-order valence-corrected chi connectivity index (χ3v) is 8.57. The van der Waals surface area contributed by atoms with Gasteiger partial charge in [-0.25, -0.2) is 14.8 Å². The molecule has 1 aliphatic heterocycles. The Kier molecular flexibility index (Phi) is 6.72. The van der Waals surface area contributed by atoms with E-state index in [9.17, 15) is 4.79 Å². The fraction of sp³-hybridized carbons (Fsp3) is 0.536. The molecule has 2 atom stereocenters. The molecule has 2 aliphatic rings. The van der Waals surface area contributed by atoms with E-state index < -0.39 is 5.76 Å². The predicted octanol–water partition coefficient (Wildman–Crippen LogP) is 6.08. The number of nitrogens with zero attached hydrogens (tertiary/aromatic N) is 6. The summed E-state index contributed by atoms with van der Waals surface area (Å²) in [6, 6.07) is 4.54. The molecule has 0 amide bonds. The minimum atomic E-state index is -0.624. The number of fused-ring (bicyclic) bond motifs is 1. The number of piperidine rings is 1. The number of hydrogen-bond donors (Lipinski definition) is 1. The average Bonchev–Trinajstić information content (AvgIpc) is 3.48. The van der Waals surface area contributed by atoms with E-state index >= 15 is 0 Å². The van der Waals surface area contributed by atoms with E-state index in [2.05, 4.69) is 45.4 Å². The van der Waals surface area contributed by atoms with Crippen LogP contribution in [0, 0.1) is 11.8 Å². The Labute approximate surface area is 226 Å². The van der Waals surface area contributed by atoms with Crippen molar-refractivity contribution >= 4 is 28.6 Å². The number of nitrogens with one attached hydrogen (secondary N) is 1. The van der Waals surface area contributed by atoms with E-state index in [-0.39, 0.29) is 5.82 Å². The molecule has 6 rings (SSSR count). The van der Waals surface area contributed by atoms with Crippen molar-refractivity contribution in [3.05, 3.63) is 40.1 Å². The topological polar surface area (TPSA) is 106 Å². The number of aromatic nitrogens is 6. The molecular formula is C28H34ClN7O2. The monoisotopic (exact) mass is 535 g/mol. The number of rotatable bonds is 5. The Bertz CT molecular complexity index is 1490. The van der Waals surface area contributed by atoms with Gasteiger partial charge >= 0.3 is 5.76 Å². The zero-order valence-corrected chi connectivity index (χ0v) is 22.9. The highest BCUT2D eigenvalue weighted by Gasteiger charge is 2.32. The van der Waals surface area contributed by atoms with Crippen LogP contribution in [0.25, 0.3) is 33.8 Å². The van der Waals surface area contributed by atoms with Crippen molar-refractivity contribution in [1.82, 2.24) is 29.7 Å². The summed E-state index contributed by atoms with van der Waals surface area (Å²) in [6.45, 7) is 7.84. The van der Waals surface area contributed by atoms with Crippen LogP contribution in [0.4, 0.5) is 5.95 Å². The van der Waals surface area contributed by atoms with Crippen LogP contribution in [-0.4, -0.2) is 41.7 Å². The number of aromatic amines is 1. The van der Waals surface area contributed by atoms with Crippen molar-refractivity contribution in [2.75, 3.05) is 4.90 Å². The van der Waals surface area contributed by atoms with Gasteiger partial charge in [0.05, 0.1) is 21.7 Å². The molecule has 1 N–H and O–H groups in total. The lowest BCUT2D eigenvalue weighted by Gasteiger charge is -2.40. The highest BCUT2D eigenvalue weighted by atomic mass is 35.5. The maximum absolute atomic E-state index is 11.7. The van der Waals surface area contributed by atoms with Gasteiger partial charge in [-0.2, -0.15) is 0 Å². The lowest BCUT2D eigenvalue weighted by Crippen LogP contribution is -2.45. The minimum absolute atomic E-state index is 0.269. The molecule has 2 fully saturated rings. The molecule has 0 bridgehead atoms. The van der Waals surface area contributed by atoms with E-state index in [1.165, 1.54) is 32.1 Å². The third-order valence-electron chi connectivity index (χ3n) is 8.37. The molecule has 38 heavy (non-hydrogen) atoms. The van der Waals surface area contributed by atoms with Crippen LogP contribution < -0.4 is 10.7 Å². The van der Waals surface area contributed by atoms with Gasteiger partial charge in [-0.05, 0) is 69.9 Å². The molecule has 0 spiro atoms. The Morgan fingerprint density at radius 1 is 1.03 bits per heavy atom. The zero-order chi connectivity index (χ0) is 26.4. The van der Waals surface area contributed by atoms with Crippen LogP contribution in [0.3, 0.4) is 0 Å². The summed E-state index contributed by atoms with van der Waals surface area (Å²) < 4.78 is 7.18. The molecule has 0 unspecified atom stereocenters. The number of anilines is 1. The molecule has 4 aromatic rings. The standard InChI is InChI=1S/C28H34ClN7O2/c1-16-7-9-19(10-8-16)15-35-25-22(32-27(35)36-17(2)5-4-6-18(36)3)12-23(26-33-28(37)38-34-26)31-24(25)20-11-21(29)14-30-13-20/h11-14,16-19H,4-10,15H2,1-3H3,(H,33,34,37)/t16?,17-,18-,19?/m1/s1. The molecular weight excluding hydrogens is 502 g/mol. The Morgan fingerprint density at radius 2 is 1.79 bits per heavy atom. The second-order valence-corrected chi connectivity index (χ2v) is 11.7.